The normalized spacial score (nSPS) is 13.1. The summed E-state index contributed by atoms with van der Waals surface area (Å²) in [6, 6.07) is 10.4. The van der Waals surface area contributed by atoms with Crippen molar-refractivity contribution in [1.82, 2.24) is 10.3 Å². The fourth-order valence-electron chi connectivity index (χ4n) is 2.53. The van der Waals surface area contributed by atoms with Crippen LogP contribution in [0.1, 0.15) is 23.7 Å². The molecule has 1 aliphatic heterocycles. The van der Waals surface area contributed by atoms with Gasteiger partial charge >= 0.3 is 6.03 Å². The molecule has 1 aromatic carbocycles. The topological polar surface area (TPSA) is 74.3 Å². The van der Waals surface area contributed by atoms with Gasteiger partial charge < -0.3 is 10.6 Å². The van der Waals surface area contributed by atoms with Crippen LogP contribution in [0.15, 0.2) is 47.6 Å². The number of urea groups is 1. The zero-order valence-corrected chi connectivity index (χ0v) is 14.8. The highest BCUT2D eigenvalue weighted by Crippen LogP contribution is 2.32. The Hall–Kier alpha value is -2.54. The molecule has 6 nitrogen and oxygen atoms in total. The molecule has 0 saturated carbocycles. The van der Waals surface area contributed by atoms with Gasteiger partial charge in [0.2, 0.25) is 0 Å². The first-order chi connectivity index (χ1) is 12.2. The summed E-state index contributed by atoms with van der Waals surface area (Å²) in [5.74, 6) is 0.665. The lowest BCUT2D eigenvalue weighted by Crippen LogP contribution is -2.39. The third-order valence-corrected chi connectivity index (χ3v) is 4.73. The molecule has 7 heteroatoms. The van der Waals surface area contributed by atoms with Crippen molar-refractivity contribution in [2.24, 2.45) is 0 Å². The summed E-state index contributed by atoms with van der Waals surface area (Å²) < 4.78 is 0. The molecule has 3 amide bonds. The number of amides is 3. The van der Waals surface area contributed by atoms with Crippen molar-refractivity contribution in [3.05, 3.63) is 48.2 Å². The molecule has 2 heterocycles. The summed E-state index contributed by atoms with van der Waals surface area (Å²) in [5, 5.41) is 6.56. The second-order valence-electron chi connectivity index (χ2n) is 5.59. The van der Waals surface area contributed by atoms with Crippen molar-refractivity contribution >= 4 is 35.1 Å². The van der Waals surface area contributed by atoms with Crippen LogP contribution < -0.4 is 15.5 Å². The molecule has 3 rings (SSSR count). The second kappa shape index (κ2) is 8.02. The van der Waals surface area contributed by atoms with Crippen molar-refractivity contribution in [3.63, 3.8) is 0 Å². The number of nitrogens with zero attached hydrogens (tertiary/aromatic N) is 2. The molecule has 0 saturated heterocycles. The van der Waals surface area contributed by atoms with Crippen LogP contribution in [-0.2, 0) is 0 Å². The summed E-state index contributed by atoms with van der Waals surface area (Å²) in [6.07, 6.45) is 2.61. The van der Waals surface area contributed by atoms with Crippen LogP contribution in [0.4, 0.5) is 16.2 Å². The summed E-state index contributed by atoms with van der Waals surface area (Å²) in [5.41, 5.74) is 1.94. The Morgan fingerprint density at radius 1 is 1.28 bits per heavy atom. The monoisotopic (exact) mass is 356 g/mol. The average Bonchev–Trinajstić information content (AvgIpc) is 2.65. The minimum Gasteiger partial charge on any atom is -0.352 e. The van der Waals surface area contributed by atoms with E-state index in [1.54, 1.807) is 47.1 Å². The van der Waals surface area contributed by atoms with Crippen LogP contribution in [0.5, 0.6) is 0 Å². The summed E-state index contributed by atoms with van der Waals surface area (Å²) >= 11 is 1.64. The number of rotatable bonds is 4. The van der Waals surface area contributed by atoms with Crippen molar-refractivity contribution in [2.45, 2.75) is 18.4 Å². The number of hydrogen-bond acceptors (Lipinski definition) is 4. The van der Waals surface area contributed by atoms with E-state index in [0.717, 1.165) is 22.9 Å². The molecule has 2 aromatic rings. The first kappa shape index (κ1) is 17.3. The van der Waals surface area contributed by atoms with Crippen molar-refractivity contribution in [1.29, 1.82) is 0 Å². The number of benzene rings is 1. The molecule has 1 aliphatic rings. The zero-order chi connectivity index (χ0) is 17.6. The Bertz CT molecular complexity index is 781. The van der Waals surface area contributed by atoms with E-state index in [-0.39, 0.29) is 11.9 Å². The standard InChI is InChI=1S/C18H20N4O2S/c1-2-8-19-16(23)13-5-3-6-14(12-13)21-18(24)22-10-11-25-17-15(22)7-4-9-20-17/h3-7,9,12H,2,8,10-11H2,1H3,(H,19,23)(H,21,24). The van der Waals surface area contributed by atoms with Gasteiger partial charge in [-0.05, 0) is 36.8 Å². The van der Waals surface area contributed by atoms with E-state index in [1.807, 2.05) is 19.1 Å². The highest BCUT2D eigenvalue weighted by atomic mass is 32.2. The van der Waals surface area contributed by atoms with Crippen LogP contribution in [0.25, 0.3) is 0 Å². The van der Waals surface area contributed by atoms with Crippen LogP contribution in [-0.4, -0.2) is 35.8 Å². The molecule has 0 aliphatic carbocycles. The van der Waals surface area contributed by atoms with E-state index in [0.29, 0.717) is 24.3 Å². The van der Waals surface area contributed by atoms with Gasteiger partial charge in [0.05, 0.1) is 5.69 Å². The lowest BCUT2D eigenvalue weighted by atomic mass is 10.2. The molecule has 2 N–H and O–H groups in total. The van der Waals surface area contributed by atoms with E-state index >= 15 is 0 Å². The Balaban J connectivity index is 1.73. The Kier molecular flexibility index (Phi) is 5.55. The number of fused-ring (bicyclic) bond motifs is 1. The molecule has 1 aromatic heterocycles. The Morgan fingerprint density at radius 2 is 2.16 bits per heavy atom. The molecular weight excluding hydrogens is 336 g/mol. The molecule has 0 spiro atoms. The van der Waals surface area contributed by atoms with E-state index in [9.17, 15) is 9.59 Å². The van der Waals surface area contributed by atoms with Crippen LogP contribution >= 0.6 is 11.8 Å². The third-order valence-electron chi connectivity index (χ3n) is 3.75. The molecule has 130 valence electrons. The molecule has 0 unspecified atom stereocenters. The highest BCUT2D eigenvalue weighted by molar-refractivity contribution is 7.99. The molecule has 25 heavy (non-hydrogen) atoms. The fourth-order valence-corrected chi connectivity index (χ4v) is 3.46. The van der Waals surface area contributed by atoms with Gasteiger partial charge in [-0.1, -0.05) is 13.0 Å². The quantitative estimate of drug-likeness (QED) is 0.881. The molecular formula is C18H20N4O2S. The predicted octanol–water partition coefficient (Wildman–Crippen LogP) is 3.37. The maximum absolute atomic E-state index is 12.7. The van der Waals surface area contributed by atoms with Crippen LogP contribution in [0.3, 0.4) is 0 Å². The number of aromatic nitrogens is 1. The number of thioether (sulfide) groups is 1. The number of hydrogen-bond donors (Lipinski definition) is 2. The Morgan fingerprint density at radius 3 is 3.00 bits per heavy atom. The smallest absolute Gasteiger partial charge is 0.326 e. The van der Waals surface area contributed by atoms with Gasteiger partial charge in [-0.15, -0.1) is 11.8 Å². The lowest BCUT2D eigenvalue weighted by molar-refractivity contribution is 0.0953. The minimum absolute atomic E-state index is 0.137. The number of carbonyl (C=O) groups is 2. The lowest BCUT2D eigenvalue weighted by Gasteiger charge is -2.28. The van der Waals surface area contributed by atoms with Crippen LogP contribution in [0.2, 0.25) is 0 Å². The number of nitrogens with one attached hydrogen (secondary N) is 2. The minimum atomic E-state index is -0.222. The van der Waals surface area contributed by atoms with Crippen molar-refractivity contribution in [3.8, 4) is 0 Å². The van der Waals surface area contributed by atoms with Gasteiger partial charge in [0, 0.05) is 36.3 Å². The molecule has 0 fully saturated rings. The number of carbonyl (C=O) groups excluding carboxylic acids is 2. The number of anilines is 2. The SMILES string of the molecule is CCCNC(=O)c1cccc(NC(=O)N2CCSc3ncccc32)c1. The summed E-state index contributed by atoms with van der Waals surface area (Å²) in [6.45, 7) is 3.25. The van der Waals surface area contributed by atoms with E-state index in [2.05, 4.69) is 15.6 Å². The summed E-state index contributed by atoms with van der Waals surface area (Å²) in [7, 11) is 0. The third kappa shape index (κ3) is 4.11. The van der Waals surface area contributed by atoms with E-state index in [4.69, 9.17) is 0 Å². The summed E-state index contributed by atoms with van der Waals surface area (Å²) in [4.78, 5) is 30.7. The average molecular weight is 356 g/mol. The van der Waals surface area contributed by atoms with Gasteiger partial charge in [0.25, 0.3) is 5.91 Å². The van der Waals surface area contributed by atoms with Gasteiger partial charge in [-0.2, -0.15) is 0 Å². The second-order valence-corrected chi connectivity index (χ2v) is 6.68. The first-order valence-electron chi connectivity index (χ1n) is 8.23. The van der Waals surface area contributed by atoms with Gasteiger partial charge in [0.15, 0.2) is 0 Å². The molecule has 0 radical (unpaired) electrons. The van der Waals surface area contributed by atoms with E-state index in [1.165, 1.54) is 0 Å². The van der Waals surface area contributed by atoms with E-state index < -0.39 is 0 Å². The van der Waals surface area contributed by atoms with Crippen LogP contribution in [0, 0.1) is 0 Å². The van der Waals surface area contributed by atoms with Gasteiger partial charge in [-0.25, -0.2) is 9.78 Å². The largest absolute Gasteiger partial charge is 0.352 e. The number of pyridine rings is 1. The predicted molar refractivity (Wildman–Crippen MR) is 100 cm³/mol. The zero-order valence-electron chi connectivity index (χ0n) is 14.0. The van der Waals surface area contributed by atoms with Crippen molar-refractivity contribution < 1.29 is 9.59 Å². The molecule has 0 atom stereocenters. The maximum Gasteiger partial charge on any atom is 0.326 e. The highest BCUT2D eigenvalue weighted by Gasteiger charge is 2.23. The Labute approximate surface area is 151 Å². The maximum atomic E-state index is 12.7. The van der Waals surface area contributed by atoms with Gasteiger partial charge in [-0.3, -0.25) is 9.69 Å². The van der Waals surface area contributed by atoms with Crippen molar-refractivity contribution in [2.75, 3.05) is 29.1 Å². The fraction of sp³-hybridized carbons (Fsp3) is 0.278. The van der Waals surface area contributed by atoms with Gasteiger partial charge in [0.1, 0.15) is 5.03 Å². The molecule has 0 bridgehead atoms. The first-order valence-corrected chi connectivity index (χ1v) is 9.22.